The molecule has 0 N–H and O–H groups in total. The largest absolute Gasteiger partial charge is 0.192 e. The molecule has 12 heavy (non-hydrogen) atoms. The second-order valence-corrected chi connectivity index (χ2v) is 4.36. The highest BCUT2D eigenvalue weighted by atomic mass is 32.2. The van der Waals surface area contributed by atoms with Gasteiger partial charge in [-0.3, -0.25) is 0 Å². The number of rotatable bonds is 1. The van der Waals surface area contributed by atoms with Crippen LogP contribution in [0.15, 0.2) is 33.4 Å². The summed E-state index contributed by atoms with van der Waals surface area (Å²) in [6, 6.07) is 3.79. The lowest BCUT2D eigenvalue weighted by Crippen LogP contribution is -1.80. The summed E-state index contributed by atoms with van der Waals surface area (Å²) in [6.07, 6.45) is 3.89. The van der Waals surface area contributed by atoms with Crippen molar-refractivity contribution in [3.63, 3.8) is 0 Å². The SMILES string of the molecule is CC(=C(C#N)C#N)[SH]1C=CC=C1. The van der Waals surface area contributed by atoms with Gasteiger partial charge in [0.1, 0.15) is 17.7 Å². The first-order valence-electron chi connectivity index (χ1n) is 3.44. The van der Waals surface area contributed by atoms with Crippen molar-refractivity contribution in [3.8, 4) is 12.1 Å². The Labute approximate surface area is 74.5 Å². The Morgan fingerprint density at radius 3 is 2.08 bits per heavy atom. The summed E-state index contributed by atoms with van der Waals surface area (Å²) in [5, 5.41) is 21.2. The van der Waals surface area contributed by atoms with Gasteiger partial charge in [-0.05, 0) is 22.6 Å². The molecule has 1 aliphatic rings. The molecule has 0 amide bonds. The molecular formula is C9H8N2S. The highest BCUT2D eigenvalue weighted by Gasteiger charge is 2.06. The lowest BCUT2D eigenvalue weighted by Gasteiger charge is -2.09. The second-order valence-electron chi connectivity index (χ2n) is 2.27. The van der Waals surface area contributed by atoms with Crippen molar-refractivity contribution < 1.29 is 0 Å². The van der Waals surface area contributed by atoms with Crippen LogP contribution in [0, 0.1) is 22.7 Å². The summed E-state index contributed by atoms with van der Waals surface area (Å²) >= 11 is 0. The maximum absolute atomic E-state index is 8.59. The zero-order valence-corrected chi connectivity index (χ0v) is 7.55. The highest BCUT2D eigenvalue weighted by molar-refractivity contribution is 8.25. The quantitative estimate of drug-likeness (QED) is 0.492. The zero-order chi connectivity index (χ0) is 8.97. The van der Waals surface area contributed by atoms with Crippen LogP contribution in [0.25, 0.3) is 0 Å². The average Bonchev–Trinajstić information content (AvgIpc) is 2.58. The van der Waals surface area contributed by atoms with Crippen LogP contribution in [-0.2, 0) is 0 Å². The number of allylic oxidation sites excluding steroid dienone is 4. The molecule has 0 spiro atoms. The van der Waals surface area contributed by atoms with Gasteiger partial charge in [0.05, 0.1) is 0 Å². The first kappa shape index (κ1) is 8.64. The average molecular weight is 176 g/mol. The Morgan fingerprint density at radius 2 is 1.67 bits per heavy atom. The number of hydrogen-bond donors (Lipinski definition) is 1. The highest BCUT2D eigenvalue weighted by Crippen LogP contribution is 2.42. The molecule has 1 rings (SSSR count). The summed E-state index contributed by atoms with van der Waals surface area (Å²) in [4.78, 5) is 0.889. The molecule has 0 aromatic rings. The predicted molar refractivity (Wildman–Crippen MR) is 51.2 cm³/mol. The smallest absolute Gasteiger partial charge is 0.137 e. The van der Waals surface area contributed by atoms with Crippen LogP contribution in [0.2, 0.25) is 0 Å². The van der Waals surface area contributed by atoms with E-state index < -0.39 is 10.9 Å². The van der Waals surface area contributed by atoms with Crippen molar-refractivity contribution >= 4 is 10.9 Å². The molecule has 1 heterocycles. The van der Waals surface area contributed by atoms with Gasteiger partial charge >= 0.3 is 0 Å². The van der Waals surface area contributed by atoms with Gasteiger partial charge < -0.3 is 0 Å². The van der Waals surface area contributed by atoms with Crippen LogP contribution in [0.5, 0.6) is 0 Å². The van der Waals surface area contributed by atoms with Crippen LogP contribution in [0.3, 0.4) is 0 Å². The van der Waals surface area contributed by atoms with Gasteiger partial charge in [0, 0.05) is 0 Å². The van der Waals surface area contributed by atoms with E-state index in [-0.39, 0.29) is 5.57 Å². The van der Waals surface area contributed by atoms with Gasteiger partial charge in [-0.2, -0.15) is 21.4 Å². The van der Waals surface area contributed by atoms with Crippen molar-refractivity contribution in [3.05, 3.63) is 33.4 Å². The summed E-state index contributed by atoms with van der Waals surface area (Å²) in [5.41, 5.74) is 0.248. The van der Waals surface area contributed by atoms with E-state index in [9.17, 15) is 0 Å². The molecule has 2 nitrogen and oxygen atoms in total. The summed E-state index contributed by atoms with van der Waals surface area (Å²) < 4.78 is 0. The molecule has 0 radical (unpaired) electrons. The molecule has 0 saturated carbocycles. The first-order chi connectivity index (χ1) is 5.79. The van der Waals surface area contributed by atoms with Crippen molar-refractivity contribution in [2.75, 3.05) is 0 Å². The monoisotopic (exact) mass is 176 g/mol. The first-order valence-corrected chi connectivity index (χ1v) is 4.92. The third-order valence-corrected chi connectivity index (χ3v) is 3.56. The Balaban J connectivity index is 2.97. The standard InChI is InChI=1S/C9H8N2S/c1-8(9(6-10)7-11)12-4-2-3-5-12/h2-5,12H,1H3. The fourth-order valence-corrected chi connectivity index (χ4v) is 2.35. The summed E-state index contributed by atoms with van der Waals surface area (Å²) in [6.45, 7) is 1.84. The molecule has 0 aromatic heterocycles. The molecule has 1 aliphatic heterocycles. The second kappa shape index (κ2) is 3.80. The van der Waals surface area contributed by atoms with E-state index in [2.05, 4.69) is 0 Å². The van der Waals surface area contributed by atoms with Crippen molar-refractivity contribution in [2.45, 2.75) is 6.92 Å². The lowest BCUT2D eigenvalue weighted by atomic mass is 10.3. The van der Waals surface area contributed by atoms with Gasteiger partial charge in [0.15, 0.2) is 0 Å². The third kappa shape index (κ3) is 1.58. The Bertz CT molecular complexity index is 322. The fraction of sp³-hybridized carbons (Fsp3) is 0.111. The molecule has 0 saturated heterocycles. The third-order valence-electron chi connectivity index (χ3n) is 1.58. The van der Waals surface area contributed by atoms with Crippen molar-refractivity contribution in [1.82, 2.24) is 0 Å². The van der Waals surface area contributed by atoms with E-state index in [1.165, 1.54) is 0 Å². The topological polar surface area (TPSA) is 47.6 Å². The number of hydrogen-bond acceptors (Lipinski definition) is 2. The minimum absolute atomic E-state index is 0.248. The number of nitriles is 2. The van der Waals surface area contributed by atoms with Gasteiger partial charge in [-0.1, -0.05) is 12.2 Å². The van der Waals surface area contributed by atoms with Crippen LogP contribution >= 0.6 is 10.9 Å². The maximum Gasteiger partial charge on any atom is 0.137 e. The van der Waals surface area contributed by atoms with Gasteiger partial charge in [0.2, 0.25) is 0 Å². The fourth-order valence-electron chi connectivity index (χ4n) is 0.874. The van der Waals surface area contributed by atoms with E-state index in [4.69, 9.17) is 10.5 Å². The normalized spacial score (nSPS) is 15.4. The van der Waals surface area contributed by atoms with Crippen LogP contribution in [-0.4, -0.2) is 0 Å². The predicted octanol–water partition coefficient (Wildman–Crippen LogP) is 2.35. The number of nitrogens with zero attached hydrogens (tertiary/aromatic N) is 2. The van der Waals surface area contributed by atoms with Crippen LogP contribution in [0.1, 0.15) is 6.92 Å². The molecule has 0 fully saturated rings. The molecule has 3 heteroatoms. The van der Waals surface area contributed by atoms with E-state index in [0.29, 0.717) is 0 Å². The molecular weight excluding hydrogens is 168 g/mol. The van der Waals surface area contributed by atoms with Crippen molar-refractivity contribution in [2.24, 2.45) is 0 Å². The zero-order valence-electron chi connectivity index (χ0n) is 6.65. The Hall–Kier alpha value is -1.45. The van der Waals surface area contributed by atoms with Gasteiger partial charge in [0.25, 0.3) is 0 Å². The molecule has 0 aromatic carbocycles. The van der Waals surface area contributed by atoms with Crippen LogP contribution < -0.4 is 0 Å². The minimum atomic E-state index is -0.484. The summed E-state index contributed by atoms with van der Waals surface area (Å²) in [5.74, 6) is 0. The molecule has 0 unspecified atom stereocenters. The maximum atomic E-state index is 8.59. The van der Waals surface area contributed by atoms with Gasteiger partial charge in [-0.15, -0.1) is 0 Å². The Morgan fingerprint density at radius 1 is 1.17 bits per heavy atom. The van der Waals surface area contributed by atoms with E-state index in [1.54, 1.807) is 0 Å². The number of thiol groups is 1. The van der Waals surface area contributed by atoms with E-state index >= 15 is 0 Å². The van der Waals surface area contributed by atoms with E-state index in [0.717, 1.165) is 4.91 Å². The van der Waals surface area contributed by atoms with Crippen molar-refractivity contribution in [1.29, 1.82) is 10.5 Å². The molecule has 0 atom stereocenters. The molecule has 0 aliphatic carbocycles. The molecule has 0 bridgehead atoms. The Kier molecular flexibility index (Phi) is 2.74. The molecule has 60 valence electrons. The lowest BCUT2D eigenvalue weighted by molar-refractivity contribution is 1.44. The van der Waals surface area contributed by atoms with Crippen LogP contribution in [0.4, 0.5) is 0 Å². The van der Waals surface area contributed by atoms with Gasteiger partial charge in [-0.25, -0.2) is 0 Å². The minimum Gasteiger partial charge on any atom is -0.192 e. The summed E-state index contributed by atoms with van der Waals surface area (Å²) in [7, 11) is -0.484. The van der Waals surface area contributed by atoms with E-state index in [1.807, 2.05) is 42.0 Å².